The van der Waals surface area contributed by atoms with Crippen LogP contribution in [0, 0.1) is 11.8 Å². The highest BCUT2D eigenvalue weighted by Gasteiger charge is 2.28. The Morgan fingerprint density at radius 1 is 0.879 bits per heavy atom. The quantitative estimate of drug-likeness (QED) is 0.517. The van der Waals surface area contributed by atoms with Crippen LogP contribution in [-0.4, -0.2) is 41.4 Å². The van der Waals surface area contributed by atoms with E-state index in [-0.39, 0.29) is 35.8 Å². The van der Waals surface area contributed by atoms with Crippen molar-refractivity contribution in [2.75, 3.05) is 13.2 Å². The average Bonchev–Trinajstić information content (AvgIpc) is 3.14. The van der Waals surface area contributed by atoms with Crippen LogP contribution in [0.15, 0.2) is 66.7 Å². The molecule has 0 atom stereocenters. The molecular weight excluding hydrogens is 422 g/mol. The van der Waals surface area contributed by atoms with Crippen molar-refractivity contribution in [3.63, 3.8) is 0 Å². The van der Waals surface area contributed by atoms with E-state index in [2.05, 4.69) is 29.3 Å². The zero-order valence-electron chi connectivity index (χ0n) is 17.4. The predicted molar refractivity (Wildman–Crippen MR) is 120 cm³/mol. The number of hydrogen-bond donors (Lipinski definition) is 3. The second kappa shape index (κ2) is 9.28. The Hall–Kier alpha value is -4.57. The number of amides is 1. The third-order valence-corrected chi connectivity index (χ3v) is 5.38. The van der Waals surface area contributed by atoms with Crippen molar-refractivity contribution in [3.8, 4) is 23.0 Å². The molecule has 0 unspecified atom stereocenters. The molecule has 0 radical (unpaired) electrons. The summed E-state index contributed by atoms with van der Waals surface area (Å²) < 4.78 is 5.42. The van der Waals surface area contributed by atoms with E-state index in [0.717, 1.165) is 28.3 Å². The fourth-order valence-corrected chi connectivity index (χ4v) is 3.87. The van der Waals surface area contributed by atoms with E-state index in [1.165, 1.54) is 12.1 Å². The first-order valence-electron chi connectivity index (χ1n) is 10.1. The van der Waals surface area contributed by atoms with E-state index in [0.29, 0.717) is 0 Å². The smallest absolute Gasteiger partial charge is 0.407 e. The van der Waals surface area contributed by atoms with Crippen molar-refractivity contribution in [2.45, 2.75) is 5.92 Å². The normalized spacial score (nSPS) is 11.5. The lowest BCUT2D eigenvalue weighted by Gasteiger charge is -2.14. The molecule has 0 heterocycles. The van der Waals surface area contributed by atoms with Gasteiger partial charge in [-0.1, -0.05) is 60.4 Å². The first kappa shape index (κ1) is 21.7. The number of nitrogens with one attached hydrogen (secondary N) is 1. The molecule has 0 spiro atoms. The maximum atomic E-state index is 12.2. The second-order valence-corrected chi connectivity index (χ2v) is 7.35. The van der Waals surface area contributed by atoms with Crippen LogP contribution in [-0.2, 0) is 4.74 Å². The molecule has 0 saturated heterocycles. The SMILES string of the molecule is O=C(NCC#Cc1ccc(C(=O)O)cc1C(=O)O)OCC1c2ccccc2-c2ccccc21. The van der Waals surface area contributed by atoms with Crippen LogP contribution < -0.4 is 5.32 Å². The Morgan fingerprint density at radius 3 is 2.12 bits per heavy atom. The number of carbonyl (C=O) groups excluding carboxylic acids is 1. The lowest BCUT2D eigenvalue weighted by molar-refractivity contribution is 0.0695. The van der Waals surface area contributed by atoms with E-state index in [9.17, 15) is 19.5 Å². The minimum absolute atomic E-state index is 0.0555. The van der Waals surface area contributed by atoms with Crippen LogP contribution in [0.2, 0.25) is 0 Å². The van der Waals surface area contributed by atoms with Gasteiger partial charge in [-0.3, -0.25) is 0 Å². The molecule has 1 amide bonds. The number of carboxylic acids is 2. The molecule has 4 rings (SSSR count). The summed E-state index contributed by atoms with van der Waals surface area (Å²) in [4.78, 5) is 34.6. The Balaban J connectivity index is 1.37. The summed E-state index contributed by atoms with van der Waals surface area (Å²) in [5, 5.41) is 20.8. The van der Waals surface area contributed by atoms with Crippen molar-refractivity contribution in [2.24, 2.45) is 0 Å². The van der Waals surface area contributed by atoms with Gasteiger partial charge in [-0.25, -0.2) is 14.4 Å². The van der Waals surface area contributed by atoms with Gasteiger partial charge in [0.25, 0.3) is 0 Å². The van der Waals surface area contributed by atoms with Crippen LogP contribution in [0.5, 0.6) is 0 Å². The van der Waals surface area contributed by atoms with Gasteiger partial charge in [-0.05, 0) is 40.5 Å². The predicted octanol–water partition coefficient (Wildman–Crippen LogP) is 3.97. The van der Waals surface area contributed by atoms with E-state index in [4.69, 9.17) is 9.84 Å². The van der Waals surface area contributed by atoms with Gasteiger partial charge in [0.1, 0.15) is 6.61 Å². The molecule has 0 aromatic heterocycles. The topological polar surface area (TPSA) is 113 Å². The molecule has 3 N–H and O–H groups in total. The van der Waals surface area contributed by atoms with Crippen molar-refractivity contribution in [1.29, 1.82) is 0 Å². The van der Waals surface area contributed by atoms with E-state index in [1.54, 1.807) is 0 Å². The van der Waals surface area contributed by atoms with Gasteiger partial charge in [0.2, 0.25) is 0 Å². The summed E-state index contributed by atoms with van der Waals surface area (Å²) in [6, 6.07) is 19.7. The monoisotopic (exact) mass is 441 g/mol. The minimum Gasteiger partial charge on any atom is -0.478 e. The fraction of sp³-hybridized carbons (Fsp3) is 0.115. The van der Waals surface area contributed by atoms with Crippen molar-refractivity contribution in [3.05, 3.63) is 94.5 Å². The lowest BCUT2D eigenvalue weighted by Crippen LogP contribution is -2.26. The molecule has 7 nitrogen and oxygen atoms in total. The number of carbonyl (C=O) groups is 3. The van der Waals surface area contributed by atoms with Gasteiger partial charge in [0.15, 0.2) is 0 Å². The lowest BCUT2D eigenvalue weighted by atomic mass is 9.98. The standard InChI is InChI=1S/C26H19NO6/c28-24(29)17-12-11-16(22(14-17)25(30)31)6-5-13-27-26(32)33-15-23-20-9-3-1-7-18(20)19-8-2-4-10-21(19)23/h1-4,7-12,14,23H,13,15H2,(H,27,32)(H,28,29)(H,30,31). The number of rotatable bonds is 5. The largest absolute Gasteiger partial charge is 0.478 e. The Kier molecular flexibility index (Phi) is 6.09. The molecule has 3 aromatic rings. The van der Waals surface area contributed by atoms with Gasteiger partial charge in [-0.15, -0.1) is 0 Å². The van der Waals surface area contributed by atoms with Crippen molar-refractivity contribution in [1.82, 2.24) is 5.32 Å². The number of hydrogen-bond acceptors (Lipinski definition) is 4. The van der Waals surface area contributed by atoms with Crippen molar-refractivity contribution >= 4 is 18.0 Å². The van der Waals surface area contributed by atoms with Crippen LogP contribution in [0.4, 0.5) is 4.79 Å². The molecule has 1 aliphatic carbocycles. The molecule has 3 aromatic carbocycles. The molecule has 7 heteroatoms. The van der Waals surface area contributed by atoms with E-state index < -0.39 is 18.0 Å². The van der Waals surface area contributed by atoms with Crippen molar-refractivity contribution < 1.29 is 29.3 Å². The molecule has 0 bridgehead atoms. The Morgan fingerprint density at radius 2 is 1.52 bits per heavy atom. The van der Waals surface area contributed by atoms with Gasteiger partial charge in [0, 0.05) is 11.5 Å². The van der Waals surface area contributed by atoms with Gasteiger partial charge in [0.05, 0.1) is 17.7 Å². The van der Waals surface area contributed by atoms with Gasteiger partial charge >= 0.3 is 18.0 Å². The number of aromatic carboxylic acids is 2. The van der Waals surface area contributed by atoms with Crippen LogP contribution in [0.3, 0.4) is 0 Å². The Bertz CT molecular complexity index is 1270. The summed E-state index contributed by atoms with van der Waals surface area (Å²) >= 11 is 0. The highest BCUT2D eigenvalue weighted by Crippen LogP contribution is 2.44. The maximum Gasteiger partial charge on any atom is 0.407 e. The first-order valence-corrected chi connectivity index (χ1v) is 10.1. The highest BCUT2D eigenvalue weighted by atomic mass is 16.5. The molecule has 164 valence electrons. The van der Waals surface area contributed by atoms with E-state index >= 15 is 0 Å². The van der Waals surface area contributed by atoms with Crippen LogP contribution >= 0.6 is 0 Å². The molecule has 0 fully saturated rings. The second-order valence-electron chi connectivity index (χ2n) is 7.35. The number of benzene rings is 3. The molecule has 0 aliphatic heterocycles. The summed E-state index contributed by atoms with van der Waals surface area (Å²) in [6.45, 7) is 0.115. The zero-order valence-corrected chi connectivity index (χ0v) is 17.4. The third kappa shape index (κ3) is 4.55. The summed E-state index contributed by atoms with van der Waals surface area (Å²) in [5.41, 5.74) is 4.28. The number of carboxylic acid groups (broad SMARTS) is 2. The number of fused-ring (bicyclic) bond motifs is 3. The molecular formula is C26H19NO6. The fourth-order valence-electron chi connectivity index (χ4n) is 3.87. The van der Waals surface area contributed by atoms with Crippen LogP contribution in [0.1, 0.15) is 43.3 Å². The van der Waals surface area contributed by atoms with E-state index in [1.807, 2.05) is 36.4 Å². The molecule has 0 saturated carbocycles. The molecule has 33 heavy (non-hydrogen) atoms. The zero-order chi connectivity index (χ0) is 23.4. The summed E-state index contributed by atoms with van der Waals surface area (Å²) in [5.74, 6) is 2.74. The minimum atomic E-state index is -1.29. The average molecular weight is 441 g/mol. The third-order valence-electron chi connectivity index (χ3n) is 5.38. The van der Waals surface area contributed by atoms with Crippen LogP contribution in [0.25, 0.3) is 11.1 Å². The summed E-state index contributed by atoms with van der Waals surface area (Å²) in [7, 11) is 0. The Labute approximate surface area is 189 Å². The first-order chi connectivity index (χ1) is 16.0. The molecule has 1 aliphatic rings. The van der Waals surface area contributed by atoms with Gasteiger partial charge in [-0.2, -0.15) is 0 Å². The highest BCUT2D eigenvalue weighted by molar-refractivity contribution is 5.95. The number of ether oxygens (including phenoxy) is 1. The number of alkyl carbamates (subject to hydrolysis) is 1. The van der Waals surface area contributed by atoms with Gasteiger partial charge < -0.3 is 20.3 Å². The summed E-state index contributed by atoms with van der Waals surface area (Å²) in [6.07, 6.45) is -0.633. The maximum absolute atomic E-state index is 12.2.